The Bertz CT molecular complexity index is 456. The monoisotopic (exact) mass is 282 g/mol. The van der Waals surface area contributed by atoms with E-state index in [0.717, 1.165) is 50.8 Å². The molecule has 5 nitrogen and oxygen atoms in total. The summed E-state index contributed by atoms with van der Waals surface area (Å²) in [5.41, 5.74) is 0. The van der Waals surface area contributed by atoms with Gasteiger partial charge >= 0.3 is 5.97 Å². The van der Waals surface area contributed by atoms with Gasteiger partial charge in [0.25, 0.3) is 0 Å². The maximum absolute atomic E-state index is 10.9. The van der Waals surface area contributed by atoms with Gasteiger partial charge in [0.2, 0.25) is 0 Å². The highest BCUT2D eigenvalue weighted by atomic mass is 32.1. The van der Waals surface area contributed by atoms with Gasteiger partial charge in [-0.15, -0.1) is 11.3 Å². The third-order valence-electron chi connectivity index (χ3n) is 3.84. The van der Waals surface area contributed by atoms with Crippen LogP contribution in [0.25, 0.3) is 0 Å². The SMILES string of the molecule is O=C(O)c1ccc(N2CC[C@H](N3CCOCC3)C2)s1. The van der Waals surface area contributed by atoms with Crippen LogP contribution in [0.15, 0.2) is 12.1 Å². The number of carboxylic acids is 1. The van der Waals surface area contributed by atoms with Gasteiger partial charge in [-0.2, -0.15) is 0 Å². The van der Waals surface area contributed by atoms with E-state index in [0.29, 0.717) is 10.9 Å². The van der Waals surface area contributed by atoms with Crippen molar-refractivity contribution in [2.75, 3.05) is 44.3 Å². The zero-order valence-corrected chi connectivity index (χ0v) is 11.6. The fourth-order valence-electron chi connectivity index (χ4n) is 2.80. The number of carbonyl (C=O) groups is 1. The number of ether oxygens (including phenoxy) is 1. The maximum atomic E-state index is 10.9. The highest BCUT2D eigenvalue weighted by Gasteiger charge is 2.29. The summed E-state index contributed by atoms with van der Waals surface area (Å²) in [7, 11) is 0. The first-order chi connectivity index (χ1) is 9.24. The van der Waals surface area contributed by atoms with Crippen LogP contribution >= 0.6 is 11.3 Å². The van der Waals surface area contributed by atoms with E-state index in [4.69, 9.17) is 9.84 Å². The average Bonchev–Trinajstić information content (AvgIpc) is 3.09. The van der Waals surface area contributed by atoms with E-state index in [1.807, 2.05) is 6.07 Å². The second-order valence-corrected chi connectivity index (χ2v) is 6.04. The molecule has 2 saturated heterocycles. The standard InChI is InChI=1S/C13H18N2O3S/c16-13(17)11-1-2-12(19-11)15-4-3-10(9-15)14-5-7-18-8-6-14/h1-2,10H,3-9H2,(H,16,17)/t10-/m0/s1. The van der Waals surface area contributed by atoms with Crippen LogP contribution in [0.3, 0.4) is 0 Å². The first-order valence-corrected chi connectivity index (χ1v) is 7.45. The molecule has 6 heteroatoms. The molecular formula is C13H18N2O3S. The Kier molecular flexibility index (Phi) is 3.72. The molecule has 2 aliphatic rings. The molecule has 1 atom stereocenters. The van der Waals surface area contributed by atoms with E-state index in [2.05, 4.69) is 9.80 Å². The molecule has 3 rings (SSSR count). The first kappa shape index (κ1) is 12.9. The summed E-state index contributed by atoms with van der Waals surface area (Å²) in [5, 5.41) is 10.0. The number of anilines is 1. The molecule has 1 aromatic heterocycles. The van der Waals surface area contributed by atoms with Gasteiger partial charge in [0.05, 0.1) is 18.2 Å². The van der Waals surface area contributed by atoms with Crippen LogP contribution < -0.4 is 4.90 Å². The van der Waals surface area contributed by atoms with Crippen LogP contribution in [-0.2, 0) is 4.74 Å². The molecule has 1 N–H and O–H groups in total. The van der Waals surface area contributed by atoms with E-state index >= 15 is 0 Å². The molecule has 2 fully saturated rings. The van der Waals surface area contributed by atoms with Gasteiger partial charge in [0.15, 0.2) is 0 Å². The van der Waals surface area contributed by atoms with Crippen molar-refractivity contribution in [3.63, 3.8) is 0 Å². The van der Waals surface area contributed by atoms with Crippen molar-refractivity contribution >= 4 is 22.3 Å². The smallest absolute Gasteiger partial charge is 0.345 e. The van der Waals surface area contributed by atoms with Crippen LogP contribution in [0.1, 0.15) is 16.1 Å². The third kappa shape index (κ3) is 2.75. The van der Waals surface area contributed by atoms with Crippen LogP contribution in [0, 0.1) is 0 Å². The molecule has 0 aliphatic carbocycles. The molecule has 104 valence electrons. The number of thiophene rings is 1. The summed E-state index contributed by atoms with van der Waals surface area (Å²) in [4.78, 5) is 16.1. The Balaban J connectivity index is 1.62. The largest absolute Gasteiger partial charge is 0.477 e. The lowest BCUT2D eigenvalue weighted by molar-refractivity contribution is 0.0209. The zero-order chi connectivity index (χ0) is 13.2. The number of aromatic carboxylic acids is 1. The fourth-order valence-corrected chi connectivity index (χ4v) is 3.67. The fraction of sp³-hybridized carbons (Fsp3) is 0.615. The Morgan fingerprint density at radius 3 is 2.79 bits per heavy atom. The lowest BCUT2D eigenvalue weighted by atomic mass is 10.2. The van der Waals surface area contributed by atoms with E-state index in [9.17, 15) is 4.79 Å². The number of rotatable bonds is 3. The number of hydrogen-bond donors (Lipinski definition) is 1. The van der Waals surface area contributed by atoms with E-state index < -0.39 is 5.97 Å². The van der Waals surface area contributed by atoms with Gasteiger partial charge in [-0.25, -0.2) is 4.79 Å². The molecular weight excluding hydrogens is 264 g/mol. The minimum absolute atomic E-state index is 0.421. The molecule has 0 unspecified atom stereocenters. The predicted molar refractivity (Wildman–Crippen MR) is 74.3 cm³/mol. The third-order valence-corrected chi connectivity index (χ3v) is 4.97. The van der Waals surface area contributed by atoms with Gasteiger partial charge in [0, 0.05) is 32.2 Å². The second-order valence-electron chi connectivity index (χ2n) is 4.98. The lowest BCUT2D eigenvalue weighted by Crippen LogP contribution is -2.44. The number of morpholine rings is 1. The van der Waals surface area contributed by atoms with Gasteiger partial charge in [0.1, 0.15) is 4.88 Å². The Labute approximate surface area is 116 Å². The van der Waals surface area contributed by atoms with Gasteiger partial charge in [-0.3, -0.25) is 4.90 Å². The highest BCUT2D eigenvalue weighted by Crippen LogP contribution is 2.30. The molecule has 0 radical (unpaired) electrons. The number of carboxylic acid groups (broad SMARTS) is 1. The van der Waals surface area contributed by atoms with Crippen molar-refractivity contribution in [3.8, 4) is 0 Å². The van der Waals surface area contributed by atoms with Crippen LogP contribution in [0.5, 0.6) is 0 Å². The molecule has 0 amide bonds. The molecule has 0 saturated carbocycles. The summed E-state index contributed by atoms with van der Waals surface area (Å²) >= 11 is 1.37. The van der Waals surface area contributed by atoms with Crippen molar-refractivity contribution in [1.82, 2.24) is 4.90 Å². The predicted octanol–water partition coefficient (Wildman–Crippen LogP) is 1.36. The molecule has 19 heavy (non-hydrogen) atoms. The van der Waals surface area contributed by atoms with Crippen molar-refractivity contribution in [1.29, 1.82) is 0 Å². The minimum atomic E-state index is -0.833. The Morgan fingerprint density at radius 1 is 1.32 bits per heavy atom. The van der Waals surface area contributed by atoms with E-state index in [1.54, 1.807) is 6.07 Å². The van der Waals surface area contributed by atoms with Gasteiger partial charge < -0.3 is 14.7 Å². The molecule has 0 bridgehead atoms. The van der Waals surface area contributed by atoms with Crippen molar-refractivity contribution in [3.05, 3.63) is 17.0 Å². The van der Waals surface area contributed by atoms with Crippen molar-refractivity contribution < 1.29 is 14.6 Å². The van der Waals surface area contributed by atoms with Crippen molar-refractivity contribution in [2.24, 2.45) is 0 Å². The lowest BCUT2D eigenvalue weighted by Gasteiger charge is -2.32. The summed E-state index contributed by atoms with van der Waals surface area (Å²) in [6.07, 6.45) is 1.15. The van der Waals surface area contributed by atoms with Crippen LogP contribution in [-0.4, -0.2) is 61.4 Å². The molecule has 2 aliphatic heterocycles. The second kappa shape index (κ2) is 5.48. The van der Waals surface area contributed by atoms with Crippen LogP contribution in [0.2, 0.25) is 0 Å². The van der Waals surface area contributed by atoms with Gasteiger partial charge in [-0.1, -0.05) is 0 Å². The normalized spacial score (nSPS) is 24.8. The van der Waals surface area contributed by atoms with Crippen molar-refractivity contribution in [2.45, 2.75) is 12.5 Å². The Morgan fingerprint density at radius 2 is 2.11 bits per heavy atom. The van der Waals surface area contributed by atoms with E-state index in [1.165, 1.54) is 11.3 Å². The highest BCUT2D eigenvalue weighted by molar-refractivity contribution is 7.17. The summed E-state index contributed by atoms with van der Waals surface area (Å²) in [5.74, 6) is -0.833. The summed E-state index contributed by atoms with van der Waals surface area (Å²) < 4.78 is 5.38. The first-order valence-electron chi connectivity index (χ1n) is 6.64. The zero-order valence-electron chi connectivity index (χ0n) is 10.7. The summed E-state index contributed by atoms with van der Waals surface area (Å²) in [6, 6.07) is 4.21. The molecule has 1 aromatic rings. The molecule has 0 aromatic carbocycles. The van der Waals surface area contributed by atoms with Crippen LogP contribution in [0.4, 0.5) is 5.00 Å². The average molecular weight is 282 g/mol. The minimum Gasteiger partial charge on any atom is -0.477 e. The summed E-state index contributed by atoms with van der Waals surface area (Å²) in [6.45, 7) is 5.71. The number of hydrogen-bond acceptors (Lipinski definition) is 5. The number of nitrogens with zero attached hydrogens (tertiary/aromatic N) is 2. The topological polar surface area (TPSA) is 53.0 Å². The Hall–Kier alpha value is -1.11. The van der Waals surface area contributed by atoms with Gasteiger partial charge in [-0.05, 0) is 18.6 Å². The molecule has 3 heterocycles. The van der Waals surface area contributed by atoms with E-state index in [-0.39, 0.29) is 0 Å². The quantitative estimate of drug-likeness (QED) is 0.907. The maximum Gasteiger partial charge on any atom is 0.345 e. The molecule has 0 spiro atoms.